The van der Waals surface area contributed by atoms with Crippen LogP contribution < -0.4 is 5.32 Å². The minimum absolute atomic E-state index is 0.182. The Morgan fingerprint density at radius 2 is 2.32 bits per heavy atom. The van der Waals surface area contributed by atoms with Crippen LogP contribution in [0, 0.1) is 18.8 Å². The number of nitrogens with one attached hydrogen (secondary N) is 1. The van der Waals surface area contributed by atoms with E-state index in [-0.39, 0.29) is 12.5 Å². The number of amides is 1. The van der Waals surface area contributed by atoms with Crippen LogP contribution in [-0.2, 0) is 0 Å². The Morgan fingerprint density at radius 1 is 1.47 bits per heavy atom. The second kappa shape index (κ2) is 6.14. The zero-order chi connectivity index (χ0) is 13.7. The summed E-state index contributed by atoms with van der Waals surface area (Å²) in [4.78, 5) is 17.3. The van der Waals surface area contributed by atoms with Gasteiger partial charge < -0.3 is 10.4 Å². The van der Waals surface area contributed by atoms with Crippen LogP contribution >= 0.6 is 11.3 Å². The molecule has 4 nitrogen and oxygen atoms in total. The average Bonchev–Trinajstić information content (AvgIpc) is 2.88. The zero-order valence-electron chi connectivity index (χ0n) is 10.3. The summed E-state index contributed by atoms with van der Waals surface area (Å²) in [6, 6.07) is 5.31. The molecule has 0 spiro atoms. The Morgan fingerprint density at radius 3 is 3.05 bits per heavy atom. The molecule has 2 rings (SSSR count). The molecule has 2 aromatic rings. The normalized spacial score (nSPS) is 9.58. The molecule has 0 saturated carbocycles. The van der Waals surface area contributed by atoms with Crippen LogP contribution in [0.5, 0.6) is 0 Å². The monoisotopic (exact) mass is 272 g/mol. The lowest BCUT2D eigenvalue weighted by molar-refractivity contribution is 0.103. The van der Waals surface area contributed by atoms with Gasteiger partial charge in [-0.1, -0.05) is 11.8 Å². The molecule has 2 aromatic heterocycles. The second-order valence-electron chi connectivity index (χ2n) is 3.77. The highest BCUT2D eigenvalue weighted by molar-refractivity contribution is 7.14. The van der Waals surface area contributed by atoms with Crippen molar-refractivity contribution in [3.05, 3.63) is 45.9 Å². The van der Waals surface area contributed by atoms with Crippen LogP contribution in [0.15, 0.2) is 30.6 Å². The fraction of sp³-hybridized carbons (Fsp3) is 0.143. The fourth-order valence-electron chi connectivity index (χ4n) is 1.43. The smallest absolute Gasteiger partial charge is 0.265 e. The Bertz CT molecular complexity index is 653. The molecule has 0 aliphatic heterocycles. The maximum atomic E-state index is 12.0. The topological polar surface area (TPSA) is 62.2 Å². The van der Waals surface area contributed by atoms with E-state index in [9.17, 15) is 4.79 Å². The molecule has 0 bridgehead atoms. The molecular weight excluding hydrogens is 260 g/mol. The molecule has 0 radical (unpaired) electrons. The first kappa shape index (κ1) is 13.3. The summed E-state index contributed by atoms with van der Waals surface area (Å²) in [7, 11) is 0. The molecule has 0 saturated heterocycles. The maximum Gasteiger partial charge on any atom is 0.265 e. The zero-order valence-corrected chi connectivity index (χ0v) is 11.1. The van der Waals surface area contributed by atoms with E-state index in [0.717, 1.165) is 10.4 Å². The van der Waals surface area contributed by atoms with Gasteiger partial charge in [-0.25, -0.2) is 0 Å². The molecule has 1 amide bonds. The lowest BCUT2D eigenvalue weighted by Gasteiger charge is -2.05. The van der Waals surface area contributed by atoms with Crippen molar-refractivity contribution in [3.8, 4) is 11.8 Å². The van der Waals surface area contributed by atoms with Gasteiger partial charge in [0.25, 0.3) is 5.91 Å². The number of aromatic nitrogens is 1. The largest absolute Gasteiger partial charge is 0.384 e. The SMILES string of the molecule is Cc1ccncc1NC(=O)c1ccc(C#CCO)s1. The van der Waals surface area contributed by atoms with Crippen molar-refractivity contribution in [2.24, 2.45) is 0 Å². The van der Waals surface area contributed by atoms with Crippen molar-refractivity contribution in [3.63, 3.8) is 0 Å². The van der Waals surface area contributed by atoms with E-state index < -0.39 is 0 Å². The number of rotatable bonds is 2. The van der Waals surface area contributed by atoms with E-state index in [1.54, 1.807) is 24.5 Å². The molecule has 0 aliphatic rings. The number of hydrogen-bond donors (Lipinski definition) is 2. The van der Waals surface area contributed by atoms with Crippen molar-refractivity contribution >= 4 is 22.9 Å². The van der Waals surface area contributed by atoms with E-state index >= 15 is 0 Å². The fourth-order valence-corrected chi connectivity index (χ4v) is 2.21. The Labute approximate surface area is 115 Å². The van der Waals surface area contributed by atoms with Gasteiger partial charge in [0, 0.05) is 6.20 Å². The van der Waals surface area contributed by atoms with Crippen molar-refractivity contribution in [2.75, 3.05) is 11.9 Å². The summed E-state index contributed by atoms with van der Waals surface area (Å²) in [5, 5.41) is 11.4. The van der Waals surface area contributed by atoms with Gasteiger partial charge in [-0.05, 0) is 30.7 Å². The van der Waals surface area contributed by atoms with Gasteiger partial charge in [0.2, 0.25) is 0 Å². The molecule has 2 N–H and O–H groups in total. The summed E-state index contributed by atoms with van der Waals surface area (Å²) < 4.78 is 0. The van der Waals surface area contributed by atoms with Crippen molar-refractivity contribution in [2.45, 2.75) is 6.92 Å². The highest BCUT2D eigenvalue weighted by Crippen LogP contribution is 2.18. The molecule has 0 atom stereocenters. The van der Waals surface area contributed by atoms with Crippen molar-refractivity contribution < 1.29 is 9.90 Å². The number of carbonyl (C=O) groups is 1. The van der Waals surface area contributed by atoms with E-state index in [1.807, 2.05) is 13.0 Å². The van der Waals surface area contributed by atoms with Crippen LogP contribution in [0.4, 0.5) is 5.69 Å². The predicted molar refractivity (Wildman–Crippen MR) is 75.2 cm³/mol. The van der Waals surface area contributed by atoms with Crippen molar-refractivity contribution in [1.29, 1.82) is 0 Å². The minimum atomic E-state index is -0.186. The first-order valence-electron chi connectivity index (χ1n) is 5.62. The first-order chi connectivity index (χ1) is 9.20. The lowest BCUT2D eigenvalue weighted by Crippen LogP contribution is -2.11. The standard InChI is InChI=1S/C14H12N2O2S/c1-10-6-7-15-9-12(10)16-14(18)13-5-4-11(19-13)3-2-8-17/h4-7,9,17H,8H2,1H3,(H,16,18). The predicted octanol–water partition coefficient (Wildman–Crippen LogP) is 2.05. The lowest BCUT2D eigenvalue weighted by atomic mass is 10.2. The highest BCUT2D eigenvalue weighted by Gasteiger charge is 2.10. The van der Waals surface area contributed by atoms with Crippen LogP contribution in [-0.4, -0.2) is 22.6 Å². The van der Waals surface area contributed by atoms with Crippen LogP contribution in [0.1, 0.15) is 20.1 Å². The van der Waals surface area contributed by atoms with Crippen molar-refractivity contribution in [1.82, 2.24) is 4.98 Å². The number of anilines is 1. The summed E-state index contributed by atoms with van der Waals surface area (Å²) in [5.41, 5.74) is 1.66. The summed E-state index contributed by atoms with van der Waals surface area (Å²) >= 11 is 1.29. The van der Waals surface area contributed by atoms with Crippen LogP contribution in [0.25, 0.3) is 0 Å². The number of pyridine rings is 1. The van der Waals surface area contributed by atoms with Gasteiger partial charge in [-0.15, -0.1) is 11.3 Å². The first-order valence-corrected chi connectivity index (χ1v) is 6.44. The van der Waals surface area contributed by atoms with Gasteiger partial charge in [0.1, 0.15) is 6.61 Å². The van der Waals surface area contributed by atoms with E-state index in [0.29, 0.717) is 10.6 Å². The highest BCUT2D eigenvalue weighted by atomic mass is 32.1. The Hall–Kier alpha value is -2.16. The van der Waals surface area contributed by atoms with Crippen LogP contribution in [0.2, 0.25) is 0 Å². The third kappa shape index (κ3) is 3.41. The van der Waals surface area contributed by atoms with E-state index in [2.05, 4.69) is 22.1 Å². The molecule has 5 heteroatoms. The Kier molecular flexibility index (Phi) is 4.29. The van der Waals surface area contributed by atoms with Gasteiger partial charge in [0.15, 0.2) is 0 Å². The van der Waals surface area contributed by atoms with Gasteiger partial charge in [-0.3, -0.25) is 9.78 Å². The van der Waals surface area contributed by atoms with Crippen LogP contribution in [0.3, 0.4) is 0 Å². The molecule has 0 aliphatic carbocycles. The van der Waals surface area contributed by atoms with Gasteiger partial charge in [-0.2, -0.15) is 0 Å². The number of carbonyl (C=O) groups excluding carboxylic acids is 1. The average molecular weight is 272 g/mol. The number of hydrogen-bond acceptors (Lipinski definition) is 4. The maximum absolute atomic E-state index is 12.0. The number of aryl methyl sites for hydroxylation is 1. The number of nitrogens with zero attached hydrogens (tertiary/aromatic N) is 1. The van der Waals surface area contributed by atoms with E-state index in [1.165, 1.54) is 11.3 Å². The minimum Gasteiger partial charge on any atom is -0.384 e. The second-order valence-corrected chi connectivity index (χ2v) is 4.85. The third-order valence-corrected chi connectivity index (χ3v) is 3.41. The molecule has 2 heterocycles. The van der Waals surface area contributed by atoms with Gasteiger partial charge in [0.05, 0.1) is 21.6 Å². The van der Waals surface area contributed by atoms with Gasteiger partial charge >= 0.3 is 0 Å². The number of thiophene rings is 1. The molecule has 96 valence electrons. The molecule has 19 heavy (non-hydrogen) atoms. The molecule has 0 fully saturated rings. The number of aliphatic hydroxyl groups excluding tert-OH is 1. The number of aliphatic hydroxyl groups is 1. The summed E-state index contributed by atoms with van der Waals surface area (Å²) in [6.45, 7) is 1.72. The Balaban J connectivity index is 2.12. The third-order valence-electron chi connectivity index (χ3n) is 2.41. The molecular formula is C14H12N2O2S. The molecule has 0 unspecified atom stereocenters. The summed E-state index contributed by atoms with van der Waals surface area (Å²) in [5.74, 6) is 5.14. The van der Waals surface area contributed by atoms with E-state index in [4.69, 9.17) is 5.11 Å². The summed E-state index contributed by atoms with van der Waals surface area (Å²) in [6.07, 6.45) is 3.30. The molecule has 0 aromatic carbocycles. The quantitative estimate of drug-likeness (QED) is 0.822.